The highest BCUT2D eigenvalue weighted by atomic mass is 32.1. The highest BCUT2D eigenvalue weighted by Crippen LogP contribution is 2.56. The topological polar surface area (TPSA) is 0 Å². The van der Waals surface area contributed by atoms with Crippen molar-refractivity contribution in [3.8, 4) is 56.7 Å². The first-order chi connectivity index (χ1) is 21.1. The lowest BCUT2D eigenvalue weighted by Gasteiger charge is -2.33. The van der Waals surface area contributed by atoms with Crippen LogP contribution in [0.2, 0.25) is 0 Å². The van der Waals surface area contributed by atoms with Gasteiger partial charge in [0, 0.05) is 15.2 Å². The fourth-order valence-corrected chi connectivity index (χ4v) is 8.65. The molecule has 0 atom stereocenters. The van der Waals surface area contributed by atoms with E-state index in [2.05, 4.69) is 86.4 Å². The van der Waals surface area contributed by atoms with Gasteiger partial charge in [-0.1, -0.05) is 127 Å². The van der Waals surface area contributed by atoms with Crippen molar-refractivity contribution in [1.82, 2.24) is 0 Å². The third-order valence-electron chi connectivity index (χ3n) is 9.34. The zero-order valence-electron chi connectivity index (χ0n) is 26.1. The Morgan fingerprint density at radius 3 is 1.35 bits per heavy atom. The summed E-state index contributed by atoms with van der Waals surface area (Å²) in [4.78, 5) is 4.52. The molecule has 0 aliphatic heterocycles. The molecule has 0 unspecified atom stereocenters. The van der Waals surface area contributed by atoms with Crippen LogP contribution in [0.25, 0.3) is 32.0 Å². The first kappa shape index (κ1) is 31.4. The Morgan fingerprint density at radius 1 is 0.535 bits per heavy atom. The van der Waals surface area contributed by atoms with E-state index >= 15 is 0 Å². The Bertz CT molecular complexity index is 1460. The number of fused-ring (bicyclic) bond motifs is 3. The number of hydrogen-bond donors (Lipinski definition) is 0. The standard InChI is InChI=1S/C41H46S2/c1-5-9-11-13-15-17-27-41(28-18-16-14-12-10-6-2)37-29-31(39-25-21-33(7-3)42-39)19-23-35(37)36-24-20-32(30-38(36)41)40-26-22-34(8-4)43-40/h3-4,19-26,29-30H,5-6,9-18,27-28H2,1-2H3. The Labute approximate surface area is 269 Å². The van der Waals surface area contributed by atoms with Crippen LogP contribution in [-0.4, -0.2) is 0 Å². The second-order valence-electron chi connectivity index (χ2n) is 12.3. The van der Waals surface area contributed by atoms with Gasteiger partial charge in [0.05, 0.1) is 9.75 Å². The molecule has 4 aromatic rings. The molecule has 0 spiro atoms. The third kappa shape index (κ3) is 7.04. The summed E-state index contributed by atoms with van der Waals surface area (Å²) >= 11 is 3.45. The normalized spacial score (nSPS) is 12.9. The largest absolute Gasteiger partial charge is 0.127 e. The average Bonchev–Trinajstić information content (AvgIpc) is 3.78. The molecule has 0 N–H and O–H groups in total. The maximum Gasteiger partial charge on any atom is 0.0772 e. The lowest BCUT2D eigenvalue weighted by molar-refractivity contribution is 0.398. The quantitative estimate of drug-likeness (QED) is 0.0884. The number of thiophene rings is 2. The smallest absolute Gasteiger partial charge is 0.0772 e. The summed E-state index contributed by atoms with van der Waals surface area (Å²) in [5.74, 6) is 5.66. The van der Waals surface area contributed by atoms with Gasteiger partial charge in [-0.15, -0.1) is 35.5 Å². The molecule has 0 amide bonds. The highest BCUT2D eigenvalue weighted by molar-refractivity contribution is 7.16. The molecule has 0 nitrogen and oxygen atoms in total. The molecule has 1 aliphatic rings. The van der Waals surface area contributed by atoms with Crippen LogP contribution in [0.5, 0.6) is 0 Å². The number of hydrogen-bond acceptors (Lipinski definition) is 2. The Hall–Kier alpha value is -3.04. The maximum absolute atomic E-state index is 5.75. The summed E-state index contributed by atoms with van der Waals surface area (Å²) in [5, 5.41) is 0. The summed E-state index contributed by atoms with van der Waals surface area (Å²) in [6.45, 7) is 4.61. The molecule has 0 fully saturated rings. The molecule has 1 aliphatic carbocycles. The minimum absolute atomic E-state index is 0.0324. The molecular weight excluding hydrogens is 557 g/mol. The zero-order valence-corrected chi connectivity index (χ0v) is 27.8. The number of benzene rings is 2. The van der Waals surface area contributed by atoms with Gasteiger partial charge in [-0.25, -0.2) is 0 Å². The van der Waals surface area contributed by atoms with Crippen LogP contribution in [0, 0.1) is 24.7 Å². The Balaban J connectivity index is 1.57. The number of rotatable bonds is 16. The summed E-state index contributed by atoms with van der Waals surface area (Å²) in [7, 11) is 0. The fourth-order valence-electron chi connectivity index (χ4n) is 7.02. The second-order valence-corrected chi connectivity index (χ2v) is 14.4. The van der Waals surface area contributed by atoms with Gasteiger partial charge in [0.2, 0.25) is 0 Å². The van der Waals surface area contributed by atoms with E-state index in [0.29, 0.717) is 0 Å². The SMILES string of the molecule is C#Cc1ccc(-c2ccc3c(c2)C(CCCCCCCC)(CCCCCCCC)c2cc(-c4ccc(C#C)s4)ccc2-3)s1. The van der Waals surface area contributed by atoms with Gasteiger partial charge in [-0.2, -0.15) is 0 Å². The Morgan fingerprint density at radius 2 is 0.953 bits per heavy atom. The molecular formula is C41H46S2. The molecule has 43 heavy (non-hydrogen) atoms. The molecule has 222 valence electrons. The summed E-state index contributed by atoms with van der Waals surface area (Å²) in [6, 6.07) is 23.0. The van der Waals surface area contributed by atoms with Crippen molar-refractivity contribution >= 4 is 22.7 Å². The average molecular weight is 603 g/mol. The molecule has 0 saturated carbocycles. The van der Waals surface area contributed by atoms with Gasteiger partial charge in [0.15, 0.2) is 0 Å². The van der Waals surface area contributed by atoms with Crippen molar-refractivity contribution in [2.24, 2.45) is 0 Å². The predicted molar refractivity (Wildman–Crippen MR) is 191 cm³/mol. The van der Waals surface area contributed by atoms with Crippen molar-refractivity contribution in [1.29, 1.82) is 0 Å². The lowest BCUT2D eigenvalue weighted by atomic mass is 9.70. The van der Waals surface area contributed by atoms with E-state index in [1.807, 2.05) is 0 Å². The first-order valence-electron chi connectivity index (χ1n) is 16.6. The van der Waals surface area contributed by atoms with Crippen molar-refractivity contribution in [3.63, 3.8) is 0 Å². The Kier molecular flexibility index (Phi) is 11.0. The van der Waals surface area contributed by atoms with Crippen LogP contribution in [0.3, 0.4) is 0 Å². The van der Waals surface area contributed by atoms with Gasteiger partial charge in [0.1, 0.15) is 0 Å². The van der Waals surface area contributed by atoms with E-state index in [4.69, 9.17) is 12.8 Å². The van der Waals surface area contributed by atoms with Crippen molar-refractivity contribution in [2.75, 3.05) is 0 Å². The van der Waals surface area contributed by atoms with Gasteiger partial charge in [-0.3, -0.25) is 0 Å². The van der Waals surface area contributed by atoms with Crippen molar-refractivity contribution in [3.05, 3.63) is 81.5 Å². The minimum atomic E-state index is 0.0324. The molecule has 2 aromatic heterocycles. The number of unbranched alkanes of at least 4 members (excludes halogenated alkanes) is 10. The van der Waals surface area contributed by atoms with Crippen molar-refractivity contribution < 1.29 is 0 Å². The van der Waals surface area contributed by atoms with E-state index < -0.39 is 0 Å². The van der Waals surface area contributed by atoms with E-state index in [0.717, 1.165) is 9.75 Å². The van der Waals surface area contributed by atoms with E-state index in [9.17, 15) is 0 Å². The van der Waals surface area contributed by atoms with Gasteiger partial charge in [-0.05, 0) is 82.6 Å². The van der Waals surface area contributed by atoms with Crippen LogP contribution >= 0.6 is 22.7 Å². The fraction of sp³-hybridized carbons (Fsp3) is 0.415. The monoisotopic (exact) mass is 602 g/mol. The third-order valence-corrected chi connectivity index (χ3v) is 11.5. The van der Waals surface area contributed by atoms with Crippen LogP contribution in [-0.2, 0) is 5.41 Å². The molecule has 2 heterocycles. The van der Waals surface area contributed by atoms with Crippen LogP contribution in [0.1, 0.15) is 125 Å². The highest BCUT2D eigenvalue weighted by Gasteiger charge is 2.42. The second kappa shape index (κ2) is 15.1. The summed E-state index contributed by atoms with van der Waals surface area (Å²) in [6.07, 6.45) is 29.8. The van der Waals surface area contributed by atoms with Gasteiger partial charge in [0.25, 0.3) is 0 Å². The van der Waals surface area contributed by atoms with Crippen molar-refractivity contribution in [2.45, 2.75) is 109 Å². The van der Waals surface area contributed by atoms with Crippen LogP contribution in [0.4, 0.5) is 0 Å². The van der Waals surface area contributed by atoms with Gasteiger partial charge >= 0.3 is 0 Å². The van der Waals surface area contributed by atoms with E-state index in [-0.39, 0.29) is 5.41 Å². The summed E-state index contributed by atoms with van der Waals surface area (Å²) < 4.78 is 0. The zero-order chi connectivity index (χ0) is 30.1. The predicted octanol–water partition coefficient (Wildman–Crippen LogP) is 12.9. The molecule has 2 aromatic carbocycles. The van der Waals surface area contributed by atoms with E-state index in [1.54, 1.807) is 22.7 Å². The lowest BCUT2D eigenvalue weighted by Crippen LogP contribution is -2.25. The molecule has 0 saturated heterocycles. The first-order valence-corrected chi connectivity index (χ1v) is 18.2. The molecule has 0 bridgehead atoms. The molecule has 5 rings (SSSR count). The van der Waals surface area contributed by atoms with E-state index in [1.165, 1.54) is 133 Å². The molecule has 0 radical (unpaired) electrons. The van der Waals surface area contributed by atoms with Crippen LogP contribution < -0.4 is 0 Å². The minimum Gasteiger partial charge on any atom is -0.127 e. The maximum atomic E-state index is 5.75. The molecule has 2 heteroatoms. The van der Waals surface area contributed by atoms with Crippen LogP contribution in [0.15, 0.2) is 60.7 Å². The summed E-state index contributed by atoms with van der Waals surface area (Å²) in [5.41, 5.74) is 8.54. The number of terminal acetylenes is 2. The van der Waals surface area contributed by atoms with Gasteiger partial charge < -0.3 is 0 Å².